The highest BCUT2D eigenvalue weighted by Gasteiger charge is 2.03. The average Bonchev–Trinajstić information content (AvgIpc) is 2.06. The molecule has 13 heavy (non-hydrogen) atoms. The van der Waals surface area contributed by atoms with Crippen molar-refractivity contribution in [1.29, 1.82) is 5.26 Å². The maximum Gasteiger partial charge on any atom is 0.115 e. The Morgan fingerprint density at radius 2 is 1.92 bits per heavy atom. The third-order valence-electron chi connectivity index (χ3n) is 1.63. The van der Waals surface area contributed by atoms with Crippen LogP contribution in [-0.2, 0) is 0 Å². The Morgan fingerprint density at radius 3 is 2.38 bits per heavy atom. The van der Waals surface area contributed by atoms with Gasteiger partial charge in [-0.1, -0.05) is 12.1 Å². The van der Waals surface area contributed by atoms with E-state index in [1.54, 1.807) is 24.3 Å². The molecule has 0 fully saturated rings. The fraction of sp³-hybridized carbons (Fsp3) is 0.222. The van der Waals surface area contributed by atoms with E-state index in [0.717, 1.165) is 5.56 Å². The Labute approximate surface area is 83.2 Å². The summed E-state index contributed by atoms with van der Waals surface area (Å²) in [5.41, 5.74) is 6.52. The molecule has 3 nitrogen and oxygen atoms in total. The van der Waals surface area contributed by atoms with Gasteiger partial charge < -0.3 is 10.8 Å². The van der Waals surface area contributed by atoms with Gasteiger partial charge in [0.15, 0.2) is 0 Å². The second kappa shape index (κ2) is 5.41. The fourth-order valence-electron chi connectivity index (χ4n) is 0.938. The van der Waals surface area contributed by atoms with Crippen molar-refractivity contribution in [3.05, 3.63) is 29.8 Å². The van der Waals surface area contributed by atoms with E-state index in [2.05, 4.69) is 0 Å². The van der Waals surface area contributed by atoms with Gasteiger partial charge in [-0.25, -0.2) is 0 Å². The molecule has 0 aliphatic heterocycles. The first-order chi connectivity index (χ1) is 5.74. The smallest absolute Gasteiger partial charge is 0.115 e. The highest BCUT2D eigenvalue weighted by molar-refractivity contribution is 5.85. The zero-order valence-corrected chi connectivity index (χ0v) is 7.79. The molecule has 0 aliphatic carbocycles. The average molecular weight is 199 g/mol. The van der Waals surface area contributed by atoms with Crippen molar-refractivity contribution >= 4 is 12.4 Å². The zero-order valence-electron chi connectivity index (χ0n) is 6.97. The highest BCUT2D eigenvalue weighted by Crippen LogP contribution is 2.16. The molecule has 70 valence electrons. The van der Waals surface area contributed by atoms with Crippen molar-refractivity contribution in [2.75, 3.05) is 0 Å². The third kappa shape index (κ3) is 3.32. The van der Waals surface area contributed by atoms with Crippen LogP contribution in [0.1, 0.15) is 18.0 Å². The van der Waals surface area contributed by atoms with E-state index in [-0.39, 0.29) is 24.2 Å². The Kier molecular flexibility index (Phi) is 4.90. The second-order valence-corrected chi connectivity index (χ2v) is 2.56. The van der Waals surface area contributed by atoms with Gasteiger partial charge in [-0.15, -0.1) is 12.4 Å². The molecule has 0 aliphatic rings. The van der Waals surface area contributed by atoms with E-state index in [1.807, 2.05) is 6.07 Å². The second-order valence-electron chi connectivity index (χ2n) is 2.56. The molecule has 0 saturated heterocycles. The molecule has 1 atom stereocenters. The summed E-state index contributed by atoms with van der Waals surface area (Å²) in [6.45, 7) is 0. The summed E-state index contributed by atoms with van der Waals surface area (Å²) in [7, 11) is 0. The molecule has 1 aromatic rings. The van der Waals surface area contributed by atoms with Crippen LogP contribution in [0, 0.1) is 11.3 Å². The summed E-state index contributed by atoms with van der Waals surface area (Å²) >= 11 is 0. The van der Waals surface area contributed by atoms with Crippen molar-refractivity contribution < 1.29 is 5.11 Å². The summed E-state index contributed by atoms with van der Waals surface area (Å²) in [5, 5.41) is 17.3. The first-order valence-electron chi connectivity index (χ1n) is 3.65. The third-order valence-corrected chi connectivity index (χ3v) is 1.63. The van der Waals surface area contributed by atoms with Gasteiger partial charge in [0.05, 0.1) is 12.5 Å². The molecule has 3 N–H and O–H groups in total. The minimum absolute atomic E-state index is 0. The van der Waals surface area contributed by atoms with E-state index in [9.17, 15) is 0 Å². The number of benzene rings is 1. The van der Waals surface area contributed by atoms with Crippen molar-refractivity contribution in [1.82, 2.24) is 0 Å². The number of nitrogens with two attached hydrogens (primary N) is 1. The Balaban J connectivity index is 0.00000144. The largest absolute Gasteiger partial charge is 0.508 e. The number of aromatic hydroxyl groups is 1. The summed E-state index contributed by atoms with van der Waals surface area (Å²) in [6.07, 6.45) is 0.296. The van der Waals surface area contributed by atoms with E-state index >= 15 is 0 Å². The SMILES string of the molecule is Cl.N#CC[C@H](N)c1ccc(O)cc1. The Bertz CT molecular complexity index is 291. The predicted octanol–water partition coefficient (Wildman–Crippen LogP) is 1.73. The highest BCUT2D eigenvalue weighted by atomic mass is 35.5. The lowest BCUT2D eigenvalue weighted by Crippen LogP contribution is -2.08. The maximum absolute atomic E-state index is 8.96. The van der Waals surface area contributed by atoms with Crippen LogP contribution in [0.4, 0.5) is 0 Å². The standard InChI is InChI=1S/C9H10N2O.ClH/c10-6-5-9(11)7-1-3-8(12)4-2-7;/h1-4,9,12H,5,11H2;1H/t9-;/m0./s1. The van der Waals surface area contributed by atoms with Gasteiger partial charge in [0.2, 0.25) is 0 Å². The normalized spacial score (nSPS) is 11.1. The van der Waals surface area contributed by atoms with Crippen LogP contribution >= 0.6 is 12.4 Å². The fourth-order valence-corrected chi connectivity index (χ4v) is 0.938. The molecule has 0 aromatic heterocycles. The molecule has 0 radical (unpaired) electrons. The van der Waals surface area contributed by atoms with Crippen molar-refractivity contribution in [3.8, 4) is 11.8 Å². The first kappa shape index (κ1) is 11.8. The van der Waals surface area contributed by atoms with Gasteiger partial charge in [-0.2, -0.15) is 5.26 Å². The number of phenolic OH excluding ortho intramolecular Hbond substituents is 1. The Hall–Kier alpha value is -1.24. The number of nitrogens with zero attached hydrogens (tertiary/aromatic N) is 1. The molecule has 1 rings (SSSR count). The van der Waals surface area contributed by atoms with E-state index in [1.165, 1.54) is 0 Å². The van der Waals surface area contributed by atoms with Crippen LogP contribution in [0.25, 0.3) is 0 Å². The van der Waals surface area contributed by atoms with Gasteiger partial charge in [-0.05, 0) is 17.7 Å². The van der Waals surface area contributed by atoms with Crippen molar-refractivity contribution in [3.63, 3.8) is 0 Å². The summed E-state index contributed by atoms with van der Waals surface area (Å²) < 4.78 is 0. The molecule has 0 spiro atoms. The lowest BCUT2D eigenvalue weighted by molar-refractivity contribution is 0.475. The van der Waals surface area contributed by atoms with Gasteiger partial charge in [0.1, 0.15) is 5.75 Å². The molecule has 0 heterocycles. The number of rotatable bonds is 2. The molecule has 0 saturated carbocycles. The van der Waals surface area contributed by atoms with E-state index < -0.39 is 0 Å². The van der Waals surface area contributed by atoms with Crippen LogP contribution in [0.5, 0.6) is 5.75 Å². The van der Waals surface area contributed by atoms with Gasteiger partial charge in [0.25, 0.3) is 0 Å². The minimum Gasteiger partial charge on any atom is -0.508 e. The van der Waals surface area contributed by atoms with Crippen LogP contribution in [0.2, 0.25) is 0 Å². The van der Waals surface area contributed by atoms with Crippen molar-refractivity contribution in [2.24, 2.45) is 5.73 Å². The molecule has 0 unspecified atom stereocenters. The van der Waals surface area contributed by atoms with Crippen LogP contribution < -0.4 is 5.73 Å². The van der Waals surface area contributed by atoms with E-state index in [4.69, 9.17) is 16.1 Å². The van der Waals surface area contributed by atoms with Crippen LogP contribution in [0.3, 0.4) is 0 Å². The van der Waals surface area contributed by atoms with Crippen LogP contribution in [-0.4, -0.2) is 5.11 Å². The minimum atomic E-state index is -0.254. The molecule has 1 aromatic carbocycles. The quantitative estimate of drug-likeness (QED) is 0.761. The van der Waals surface area contributed by atoms with Gasteiger partial charge in [0, 0.05) is 6.04 Å². The summed E-state index contributed by atoms with van der Waals surface area (Å²) in [5.74, 6) is 0.211. The topological polar surface area (TPSA) is 70.0 Å². The van der Waals surface area contributed by atoms with Gasteiger partial charge >= 0.3 is 0 Å². The van der Waals surface area contributed by atoms with Crippen molar-refractivity contribution in [2.45, 2.75) is 12.5 Å². The lowest BCUT2D eigenvalue weighted by Gasteiger charge is -2.06. The molecule has 4 heteroatoms. The maximum atomic E-state index is 8.96. The first-order valence-corrected chi connectivity index (χ1v) is 3.65. The predicted molar refractivity (Wildman–Crippen MR) is 52.5 cm³/mol. The lowest BCUT2D eigenvalue weighted by atomic mass is 10.1. The number of hydrogen-bond acceptors (Lipinski definition) is 3. The van der Waals surface area contributed by atoms with E-state index in [0.29, 0.717) is 6.42 Å². The zero-order chi connectivity index (χ0) is 8.97. The number of nitriles is 1. The van der Waals surface area contributed by atoms with Crippen LogP contribution in [0.15, 0.2) is 24.3 Å². The number of halogens is 1. The monoisotopic (exact) mass is 198 g/mol. The number of hydrogen-bond donors (Lipinski definition) is 2. The molecular weight excluding hydrogens is 188 g/mol. The summed E-state index contributed by atoms with van der Waals surface area (Å²) in [6, 6.07) is 8.30. The molecule has 0 amide bonds. The Morgan fingerprint density at radius 1 is 1.38 bits per heavy atom. The molecular formula is C9H11ClN2O. The summed E-state index contributed by atoms with van der Waals surface area (Å²) in [4.78, 5) is 0. The van der Waals surface area contributed by atoms with Gasteiger partial charge in [-0.3, -0.25) is 0 Å². The molecule has 0 bridgehead atoms. The number of phenols is 1.